The van der Waals surface area contributed by atoms with Gasteiger partial charge in [0.1, 0.15) is 5.75 Å². The van der Waals surface area contributed by atoms with Crippen LogP contribution in [0.1, 0.15) is 10.4 Å². The predicted molar refractivity (Wildman–Crippen MR) is 108 cm³/mol. The Hall–Kier alpha value is -3.37. The third kappa shape index (κ3) is 4.13. The molecule has 0 bridgehead atoms. The van der Waals surface area contributed by atoms with E-state index in [4.69, 9.17) is 17.0 Å². The number of hydrogen-bond donors (Lipinski definition) is 1. The monoisotopic (exact) mass is 415 g/mol. The lowest BCUT2D eigenvalue weighted by Gasteiger charge is -2.09. The minimum atomic E-state index is -0.679. The number of methoxy groups -OCH3 is 1. The molecule has 0 fully saturated rings. The summed E-state index contributed by atoms with van der Waals surface area (Å²) in [4.78, 5) is 35.7. The number of nitro groups is 1. The average molecular weight is 415 g/mol. The normalized spacial score (nSPS) is 10.3. The maximum atomic E-state index is 12.5. The van der Waals surface area contributed by atoms with E-state index >= 15 is 0 Å². The summed E-state index contributed by atoms with van der Waals surface area (Å²) in [5.41, 5.74) is 2.47. The Kier molecular flexibility index (Phi) is 5.62. The number of benzene rings is 2. The van der Waals surface area contributed by atoms with Gasteiger partial charge in [-0.3, -0.25) is 25.1 Å². The van der Waals surface area contributed by atoms with E-state index in [0.29, 0.717) is 10.6 Å². The van der Waals surface area contributed by atoms with Crippen molar-refractivity contribution >= 4 is 35.1 Å². The Labute approximate surface area is 167 Å². The molecule has 1 amide bonds. The summed E-state index contributed by atoms with van der Waals surface area (Å²) in [6, 6.07) is 13.7. The van der Waals surface area contributed by atoms with Crippen LogP contribution < -0.4 is 15.7 Å². The van der Waals surface area contributed by atoms with E-state index in [1.807, 2.05) is 0 Å². The van der Waals surface area contributed by atoms with Gasteiger partial charge in [-0.1, -0.05) is 6.07 Å². The Balaban J connectivity index is 1.90. The van der Waals surface area contributed by atoms with E-state index in [0.717, 1.165) is 27.6 Å². The van der Waals surface area contributed by atoms with Crippen LogP contribution in [-0.4, -0.2) is 22.6 Å². The first-order valence-electron chi connectivity index (χ1n) is 7.86. The number of carbonyl (C=O) groups excluding carboxylic acids is 1. The molecule has 3 aromatic rings. The molecule has 28 heavy (non-hydrogen) atoms. The topological polar surface area (TPSA) is 103 Å². The van der Waals surface area contributed by atoms with Gasteiger partial charge in [-0.25, -0.2) is 0 Å². The van der Waals surface area contributed by atoms with Crippen LogP contribution in [0.4, 0.5) is 5.69 Å². The third-order valence-corrected chi connectivity index (χ3v) is 5.13. The Morgan fingerprint density at radius 3 is 2.54 bits per heavy atom. The molecule has 0 saturated carbocycles. The van der Waals surface area contributed by atoms with E-state index in [1.165, 1.54) is 24.3 Å². The maximum absolute atomic E-state index is 12.5. The van der Waals surface area contributed by atoms with Crippen molar-refractivity contribution in [2.24, 2.45) is 0 Å². The van der Waals surface area contributed by atoms with Crippen molar-refractivity contribution in [2.75, 3.05) is 12.5 Å². The number of non-ortho nitro benzene ring substituents is 1. The maximum Gasteiger partial charge on any atom is 0.272 e. The van der Waals surface area contributed by atoms with Gasteiger partial charge in [-0.15, -0.1) is 11.3 Å². The van der Waals surface area contributed by atoms with Crippen molar-refractivity contribution in [2.45, 2.75) is 0 Å². The highest BCUT2D eigenvalue weighted by atomic mass is 32.1. The van der Waals surface area contributed by atoms with E-state index in [-0.39, 0.29) is 15.2 Å². The Bertz CT molecular complexity index is 1140. The summed E-state index contributed by atoms with van der Waals surface area (Å²) in [6.07, 6.45) is 0. The molecule has 0 aliphatic carbocycles. The number of hydrogen-bond acceptors (Lipinski definition) is 7. The highest BCUT2D eigenvalue weighted by Crippen LogP contribution is 2.25. The molecule has 1 N–H and O–H groups in total. The first-order chi connectivity index (χ1) is 13.4. The van der Waals surface area contributed by atoms with Crippen LogP contribution in [-0.2, 0) is 0 Å². The van der Waals surface area contributed by atoms with Crippen LogP contribution in [0.15, 0.2) is 59.4 Å². The van der Waals surface area contributed by atoms with Crippen LogP contribution in [0.25, 0.3) is 10.4 Å². The van der Waals surface area contributed by atoms with Gasteiger partial charge in [0.2, 0.25) is 0 Å². The molecule has 0 unspecified atom stereocenters. The summed E-state index contributed by atoms with van der Waals surface area (Å²) < 4.78 is 6.18. The molecule has 0 saturated heterocycles. The fourth-order valence-corrected chi connectivity index (χ4v) is 3.59. The summed E-state index contributed by atoms with van der Waals surface area (Å²) in [6.45, 7) is 0. The molecule has 2 aromatic carbocycles. The number of nitrogens with zero attached hydrogens (tertiary/aromatic N) is 2. The van der Waals surface area contributed by atoms with Crippen molar-refractivity contribution in [3.63, 3.8) is 0 Å². The van der Waals surface area contributed by atoms with Crippen LogP contribution in [0, 0.1) is 14.1 Å². The minimum absolute atomic E-state index is 0.0414. The summed E-state index contributed by atoms with van der Waals surface area (Å²) in [5, 5.41) is 10.9. The van der Waals surface area contributed by atoms with Gasteiger partial charge in [0.15, 0.2) is 3.95 Å². The van der Waals surface area contributed by atoms with E-state index in [2.05, 4.69) is 5.43 Å². The minimum Gasteiger partial charge on any atom is -0.497 e. The average Bonchev–Trinajstić information content (AvgIpc) is 2.70. The molecule has 3 rings (SSSR count). The van der Waals surface area contributed by atoms with E-state index in [1.54, 1.807) is 31.4 Å². The van der Waals surface area contributed by atoms with Crippen LogP contribution >= 0.6 is 23.6 Å². The van der Waals surface area contributed by atoms with Crippen molar-refractivity contribution in [3.8, 4) is 16.2 Å². The Morgan fingerprint density at radius 2 is 1.93 bits per heavy atom. The lowest BCUT2D eigenvalue weighted by molar-refractivity contribution is -0.384. The molecule has 1 aromatic heterocycles. The first kappa shape index (κ1) is 19.4. The van der Waals surface area contributed by atoms with E-state index < -0.39 is 16.4 Å². The molecular formula is C18H13N3O5S2. The summed E-state index contributed by atoms with van der Waals surface area (Å²) in [5.74, 6) is 0.00574. The summed E-state index contributed by atoms with van der Waals surface area (Å²) in [7, 11) is 1.56. The molecule has 10 heteroatoms. The van der Waals surface area contributed by atoms with Crippen molar-refractivity contribution in [1.29, 1.82) is 0 Å². The van der Waals surface area contributed by atoms with Gasteiger partial charge in [0, 0.05) is 28.6 Å². The number of ether oxygens (including phenoxy) is 1. The number of nitrogens with one attached hydrogen (secondary N) is 1. The van der Waals surface area contributed by atoms with Crippen molar-refractivity contribution in [3.05, 3.63) is 84.6 Å². The van der Waals surface area contributed by atoms with Crippen molar-refractivity contribution in [1.82, 2.24) is 4.68 Å². The van der Waals surface area contributed by atoms with Gasteiger partial charge >= 0.3 is 0 Å². The second-order valence-electron chi connectivity index (χ2n) is 5.53. The number of carbonyl (C=O) groups is 1. The van der Waals surface area contributed by atoms with E-state index in [9.17, 15) is 19.7 Å². The van der Waals surface area contributed by atoms with Crippen LogP contribution in [0.2, 0.25) is 0 Å². The Morgan fingerprint density at radius 1 is 1.21 bits per heavy atom. The van der Waals surface area contributed by atoms with Gasteiger partial charge in [0.05, 0.1) is 12.0 Å². The first-order valence-corrected chi connectivity index (χ1v) is 9.09. The standard InChI is InChI=1S/C18H13N3O5S2/c1-26-14-7-5-11(6-8-14)15-10-16(22)20(18(27)28-15)19-17(23)12-3-2-4-13(9-12)21(24)25/h2-10H,1H3,(H,19,23). The predicted octanol–water partition coefficient (Wildman–Crippen LogP) is 3.61. The second-order valence-corrected chi connectivity index (χ2v) is 7.20. The molecular weight excluding hydrogens is 402 g/mol. The number of aromatic nitrogens is 1. The molecule has 0 aliphatic rings. The molecule has 1 heterocycles. The molecule has 0 radical (unpaired) electrons. The largest absolute Gasteiger partial charge is 0.497 e. The zero-order chi connectivity index (χ0) is 20.3. The van der Waals surface area contributed by atoms with Crippen LogP contribution in [0.5, 0.6) is 5.75 Å². The van der Waals surface area contributed by atoms with Gasteiger partial charge in [-0.05, 0) is 48.1 Å². The molecule has 142 valence electrons. The lowest BCUT2D eigenvalue weighted by Crippen LogP contribution is -2.32. The SMILES string of the molecule is COc1ccc(-c2cc(=O)n(NC(=O)c3cccc([N+](=O)[O-])c3)c(=S)s2)cc1. The molecule has 0 spiro atoms. The number of nitro benzene ring substituents is 1. The highest BCUT2D eigenvalue weighted by Gasteiger charge is 2.13. The highest BCUT2D eigenvalue weighted by molar-refractivity contribution is 7.73. The second kappa shape index (κ2) is 8.11. The molecule has 0 atom stereocenters. The van der Waals surface area contributed by atoms with Crippen LogP contribution in [0.3, 0.4) is 0 Å². The van der Waals surface area contributed by atoms with Crippen molar-refractivity contribution < 1.29 is 14.5 Å². The van der Waals surface area contributed by atoms with Gasteiger partial charge < -0.3 is 4.74 Å². The smallest absolute Gasteiger partial charge is 0.272 e. The van der Waals surface area contributed by atoms with Gasteiger partial charge in [0.25, 0.3) is 17.2 Å². The van der Waals surface area contributed by atoms with Gasteiger partial charge in [-0.2, -0.15) is 4.68 Å². The lowest BCUT2D eigenvalue weighted by atomic mass is 10.2. The zero-order valence-electron chi connectivity index (χ0n) is 14.4. The zero-order valence-corrected chi connectivity index (χ0v) is 16.1. The number of amides is 1. The number of rotatable bonds is 5. The fourth-order valence-electron chi connectivity index (χ4n) is 2.36. The molecule has 0 aliphatic heterocycles. The molecule has 8 nitrogen and oxygen atoms in total. The summed E-state index contributed by atoms with van der Waals surface area (Å²) >= 11 is 6.39. The fraction of sp³-hybridized carbons (Fsp3) is 0.0556. The quantitative estimate of drug-likeness (QED) is 0.388. The third-order valence-electron chi connectivity index (χ3n) is 3.76.